The maximum absolute atomic E-state index is 5.05. The van der Waals surface area contributed by atoms with Gasteiger partial charge in [-0.1, -0.05) is 26.8 Å². The molecule has 2 aromatic heterocycles. The van der Waals surface area contributed by atoms with Crippen LogP contribution in [0.3, 0.4) is 0 Å². The van der Waals surface area contributed by atoms with E-state index in [9.17, 15) is 0 Å². The predicted octanol–water partition coefficient (Wildman–Crippen LogP) is 4.18. The highest BCUT2D eigenvalue weighted by Crippen LogP contribution is 2.28. The summed E-state index contributed by atoms with van der Waals surface area (Å²) < 4.78 is 2.24. The van der Waals surface area contributed by atoms with E-state index in [1.165, 1.54) is 5.56 Å². The Balaban J connectivity index is 0.00000300. The van der Waals surface area contributed by atoms with Crippen LogP contribution in [0, 0.1) is 11.8 Å². The zero-order chi connectivity index (χ0) is 19.9. The molecule has 1 N–H and O–H groups in total. The first-order chi connectivity index (χ1) is 13.6. The average Bonchev–Trinajstić information content (AvgIpc) is 3.23. The van der Waals surface area contributed by atoms with Gasteiger partial charge < -0.3 is 14.8 Å². The van der Waals surface area contributed by atoms with Crippen molar-refractivity contribution in [1.82, 2.24) is 24.8 Å². The normalized spacial score (nSPS) is 21.0. The van der Waals surface area contributed by atoms with Crippen LogP contribution in [0.5, 0.6) is 0 Å². The SMILES string of the molecule is CCNC(=NCC(c1cccnc1)C(C)C)N1CCC(C)C(n2ccnc2)C1.I. The van der Waals surface area contributed by atoms with Gasteiger partial charge in [0.1, 0.15) is 0 Å². The summed E-state index contributed by atoms with van der Waals surface area (Å²) in [5.74, 6) is 2.53. The number of hydrogen-bond donors (Lipinski definition) is 1. The fourth-order valence-corrected chi connectivity index (χ4v) is 4.00. The minimum absolute atomic E-state index is 0. The molecule has 1 aliphatic rings. The van der Waals surface area contributed by atoms with E-state index in [1.54, 1.807) is 0 Å². The molecule has 0 aromatic carbocycles. The lowest BCUT2D eigenvalue weighted by atomic mass is 9.89. The fourth-order valence-electron chi connectivity index (χ4n) is 4.00. The number of hydrogen-bond acceptors (Lipinski definition) is 3. The molecule has 0 amide bonds. The number of aliphatic imine (C=N–C) groups is 1. The van der Waals surface area contributed by atoms with E-state index in [1.807, 2.05) is 31.0 Å². The third-order valence-electron chi connectivity index (χ3n) is 5.82. The Bertz CT molecular complexity index is 731. The van der Waals surface area contributed by atoms with Crippen LogP contribution in [-0.2, 0) is 0 Å². The standard InChI is InChI=1S/C22H34N6.HI/c1-5-25-22(26-14-20(17(2)3)19-7-6-9-23-13-19)27-11-8-18(4)21(15-27)28-12-10-24-16-28;/h6-7,9-10,12-13,16-18,20-21H,5,8,11,14-15H2,1-4H3,(H,25,26);1H. The lowest BCUT2D eigenvalue weighted by Gasteiger charge is -2.39. The maximum Gasteiger partial charge on any atom is 0.194 e. The van der Waals surface area contributed by atoms with E-state index >= 15 is 0 Å². The zero-order valence-electron chi connectivity index (χ0n) is 18.0. The van der Waals surface area contributed by atoms with E-state index < -0.39 is 0 Å². The highest BCUT2D eigenvalue weighted by Gasteiger charge is 2.29. The number of guanidine groups is 1. The molecule has 3 heterocycles. The molecule has 6 nitrogen and oxygen atoms in total. The second-order valence-electron chi connectivity index (χ2n) is 8.12. The minimum atomic E-state index is 0. The molecule has 0 aliphatic carbocycles. The second kappa shape index (κ2) is 11.5. The zero-order valence-corrected chi connectivity index (χ0v) is 20.4. The molecule has 2 aromatic rings. The summed E-state index contributed by atoms with van der Waals surface area (Å²) in [6, 6.07) is 4.61. The van der Waals surface area contributed by atoms with Gasteiger partial charge in [-0.05, 0) is 36.8 Å². The van der Waals surface area contributed by atoms with Crippen molar-refractivity contribution in [2.75, 3.05) is 26.2 Å². The van der Waals surface area contributed by atoms with Crippen molar-refractivity contribution < 1.29 is 0 Å². The first kappa shape index (κ1) is 23.6. The van der Waals surface area contributed by atoms with Crippen LogP contribution in [0.1, 0.15) is 51.6 Å². The summed E-state index contributed by atoms with van der Waals surface area (Å²) in [4.78, 5) is 16.0. The molecule has 7 heteroatoms. The van der Waals surface area contributed by atoms with Crippen LogP contribution in [0.25, 0.3) is 0 Å². The number of halogens is 1. The van der Waals surface area contributed by atoms with E-state index in [0.717, 1.165) is 38.6 Å². The fraction of sp³-hybridized carbons (Fsp3) is 0.591. The van der Waals surface area contributed by atoms with Gasteiger partial charge in [-0.2, -0.15) is 0 Å². The van der Waals surface area contributed by atoms with Gasteiger partial charge in [-0.3, -0.25) is 9.98 Å². The van der Waals surface area contributed by atoms with Gasteiger partial charge in [-0.25, -0.2) is 4.98 Å². The predicted molar refractivity (Wildman–Crippen MR) is 130 cm³/mol. The second-order valence-corrected chi connectivity index (χ2v) is 8.12. The quantitative estimate of drug-likeness (QED) is 0.360. The van der Waals surface area contributed by atoms with Crippen molar-refractivity contribution in [3.8, 4) is 0 Å². The lowest BCUT2D eigenvalue weighted by molar-refractivity contribution is 0.189. The number of aromatic nitrogens is 3. The van der Waals surface area contributed by atoms with Crippen LogP contribution >= 0.6 is 24.0 Å². The molecule has 1 saturated heterocycles. The summed E-state index contributed by atoms with van der Waals surface area (Å²) in [5.41, 5.74) is 1.26. The van der Waals surface area contributed by atoms with Gasteiger partial charge in [0.05, 0.1) is 12.4 Å². The van der Waals surface area contributed by atoms with Crippen molar-refractivity contribution in [3.63, 3.8) is 0 Å². The van der Waals surface area contributed by atoms with Gasteiger partial charge in [0.2, 0.25) is 0 Å². The van der Waals surface area contributed by atoms with Crippen molar-refractivity contribution in [2.24, 2.45) is 16.8 Å². The van der Waals surface area contributed by atoms with Crippen molar-refractivity contribution in [2.45, 2.75) is 46.1 Å². The molecule has 1 aliphatic heterocycles. The molecule has 3 unspecified atom stereocenters. The maximum atomic E-state index is 5.05. The van der Waals surface area contributed by atoms with Gasteiger partial charge in [0.25, 0.3) is 0 Å². The largest absolute Gasteiger partial charge is 0.357 e. The number of rotatable bonds is 6. The summed E-state index contributed by atoms with van der Waals surface area (Å²) >= 11 is 0. The number of pyridine rings is 1. The molecule has 29 heavy (non-hydrogen) atoms. The van der Waals surface area contributed by atoms with Crippen molar-refractivity contribution in [3.05, 3.63) is 48.8 Å². The number of nitrogens with zero attached hydrogens (tertiary/aromatic N) is 5. The Morgan fingerprint density at radius 3 is 2.76 bits per heavy atom. The summed E-state index contributed by atoms with van der Waals surface area (Å²) in [6.45, 7) is 12.6. The average molecular weight is 510 g/mol. The Morgan fingerprint density at radius 2 is 2.14 bits per heavy atom. The van der Waals surface area contributed by atoms with Gasteiger partial charge in [0, 0.05) is 56.9 Å². The first-order valence-electron chi connectivity index (χ1n) is 10.5. The summed E-state index contributed by atoms with van der Waals surface area (Å²) in [7, 11) is 0. The molecule has 1 fully saturated rings. The summed E-state index contributed by atoms with van der Waals surface area (Å²) in [6.07, 6.45) is 10.8. The molecular formula is C22H35IN6. The third kappa shape index (κ3) is 6.17. The van der Waals surface area contributed by atoms with Crippen LogP contribution in [0.4, 0.5) is 0 Å². The van der Waals surface area contributed by atoms with E-state index in [0.29, 0.717) is 23.8 Å². The Labute approximate surface area is 192 Å². The van der Waals surface area contributed by atoms with Gasteiger partial charge >= 0.3 is 0 Å². The number of piperidine rings is 1. The van der Waals surface area contributed by atoms with E-state index in [2.05, 4.69) is 64.7 Å². The Hall–Kier alpha value is -1.64. The van der Waals surface area contributed by atoms with Gasteiger partial charge in [-0.15, -0.1) is 24.0 Å². The smallest absolute Gasteiger partial charge is 0.194 e. The first-order valence-corrected chi connectivity index (χ1v) is 10.5. The van der Waals surface area contributed by atoms with Crippen LogP contribution < -0.4 is 5.32 Å². The lowest BCUT2D eigenvalue weighted by Crippen LogP contribution is -2.49. The van der Waals surface area contributed by atoms with Crippen molar-refractivity contribution in [1.29, 1.82) is 0 Å². The van der Waals surface area contributed by atoms with Crippen LogP contribution in [0.15, 0.2) is 48.2 Å². The molecular weight excluding hydrogens is 475 g/mol. The third-order valence-corrected chi connectivity index (χ3v) is 5.82. The monoisotopic (exact) mass is 510 g/mol. The van der Waals surface area contributed by atoms with Crippen LogP contribution in [-0.4, -0.2) is 51.6 Å². The number of nitrogens with one attached hydrogen (secondary N) is 1. The van der Waals surface area contributed by atoms with Crippen molar-refractivity contribution >= 4 is 29.9 Å². The van der Waals surface area contributed by atoms with Gasteiger partial charge in [0.15, 0.2) is 5.96 Å². The van der Waals surface area contributed by atoms with Crippen LogP contribution in [0.2, 0.25) is 0 Å². The Morgan fingerprint density at radius 1 is 1.31 bits per heavy atom. The number of likely N-dealkylation sites (tertiary alicyclic amines) is 1. The summed E-state index contributed by atoms with van der Waals surface area (Å²) in [5, 5.41) is 3.51. The molecule has 3 rings (SSSR count). The highest BCUT2D eigenvalue weighted by atomic mass is 127. The number of imidazole rings is 1. The van der Waals surface area contributed by atoms with E-state index in [4.69, 9.17) is 4.99 Å². The molecule has 0 bridgehead atoms. The molecule has 3 atom stereocenters. The van der Waals surface area contributed by atoms with E-state index in [-0.39, 0.29) is 24.0 Å². The highest BCUT2D eigenvalue weighted by molar-refractivity contribution is 14.0. The molecule has 0 radical (unpaired) electrons. The molecule has 160 valence electrons. The molecule has 0 spiro atoms. The molecule has 0 saturated carbocycles. The minimum Gasteiger partial charge on any atom is -0.357 e. The topological polar surface area (TPSA) is 58.3 Å². The Kier molecular flexibility index (Phi) is 9.39.